The number of carboxylic acid groups (broad SMARTS) is 1. The fraction of sp³-hybridized carbons (Fsp3) is 0.323. The molecule has 0 bridgehead atoms. The smallest absolute Gasteiger partial charge is 0.307 e. The number of nitriles is 1. The number of likely N-dealkylation sites (tertiary alicyclic amines) is 1. The zero-order valence-corrected chi connectivity index (χ0v) is 21.7. The molecule has 8 heteroatoms. The van der Waals surface area contributed by atoms with Crippen LogP contribution >= 0.6 is 0 Å². The number of oxazole rings is 1. The Balaban J connectivity index is 1.38. The van der Waals surface area contributed by atoms with E-state index in [1.807, 2.05) is 55.5 Å². The largest absolute Gasteiger partial charge is 0.491 e. The van der Waals surface area contributed by atoms with Gasteiger partial charge in [-0.2, -0.15) is 5.26 Å². The molecule has 1 fully saturated rings. The first-order valence-corrected chi connectivity index (χ1v) is 13.3. The molecule has 2 atom stereocenters. The molecule has 0 amide bonds. The molecule has 198 valence electrons. The van der Waals surface area contributed by atoms with E-state index in [-0.39, 0.29) is 25.2 Å². The molecule has 1 aliphatic carbocycles. The third kappa shape index (κ3) is 4.44. The highest BCUT2D eigenvalue weighted by Gasteiger charge is 2.37. The molecule has 39 heavy (non-hydrogen) atoms. The molecule has 6 rings (SSSR count). The van der Waals surface area contributed by atoms with Gasteiger partial charge in [-0.15, -0.1) is 0 Å². The van der Waals surface area contributed by atoms with Crippen molar-refractivity contribution in [3.63, 3.8) is 0 Å². The number of hydrogen-bond donors (Lipinski definition) is 2. The number of aliphatic hydroxyl groups is 1. The summed E-state index contributed by atoms with van der Waals surface area (Å²) in [5, 5.41) is 28.7. The maximum Gasteiger partial charge on any atom is 0.307 e. The van der Waals surface area contributed by atoms with Crippen LogP contribution in [0.3, 0.4) is 0 Å². The van der Waals surface area contributed by atoms with Crippen molar-refractivity contribution in [2.45, 2.75) is 32.2 Å². The third-order valence-corrected chi connectivity index (χ3v) is 8.04. The Morgan fingerprint density at radius 2 is 2.03 bits per heavy atom. The van der Waals surface area contributed by atoms with Gasteiger partial charge in [-0.3, -0.25) is 9.69 Å². The number of aliphatic carboxylic acids is 1. The molecule has 0 saturated carbocycles. The molecule has 0 spiro atoms. The van der Waals surface area contributed by atoms with Gasteiger partial charge in [0, 0.05) is 18.2 Å². The Bertz CT molecular complexity index is 1620. The molecular weight excluding hydrogens is 494 g/mol. The van der Waals surface area contributed by atoms with Gasteiger partial charge in [-0.25, -0.2) is 4.98 Å². The van der Waals surface area contributed by atoms with Gasteiger partial charge in [0.05, 0.1) is 12.5 Å². The molecule has 2 aliphatic rings. The number of fused-ring (bicyclic) bond motifs is 2. The number of hydrogen-bond acceptors (Lipinski definition) is 7. The van der Waals surface area contributed by atoms with Gasteiger partial charge < -0.3 is 19.4 Å². The summed E-state index contributed by atoms with van der Waals surface area (Å²) in [7, 11) is 0. The standard InChI is InChI=1S/C31H29N3O5/c1-18-22(19-4-2-5-21(14-19)38-13-12-35)6-3-7-23(18)30-33-27-15-25-24(26(16-32)29(27)39-30)8-9-28(25)34-11-10-20(17-34)31(36)37/h2-7,14-15,20,28,35H,8-13,17H2,1H3,(H,36,37)/t20-,28-/m1/s1. The van der Waals surface area contributed by atoms with E-state index in [9.17, 15) is 15.2 Å². The summed E-state index contributed by atoms with van der Waals surface area (Å²) in [4.78, 5) is 18.6. The first-order valence-electron chi connectivity index (χ1n) is 13.3. The van der Waals surface area contributed by atoms with Crippen molar-refractivity contribution in [2.24, 2.45) is 5.92 Å². The molecule has 1 saturated heterocycles. The third-order valence-electron chi connectivity index (χ3n) is 8.04. The van der Waals surface area contributed by atoms with Gasteiger partial charge in [0.15, 0.2) is 5.58 Å². The normalized spacial score (nSPS) is 18.8. The predicted molar refractivity (Wildman–Crippen MR) is 145 cm³/mol. The topological polar surface area (TPSA) is 120 Å². The molecule has 1 aliphatic heterocycles. The van der Waals surface area contributed by atoms with Crippen LogP contribution < -0.4 is 4.74 Å². The Kier molecular flexibility index (Phi) is 6.55. The lowest BCUT2D eigenvalue weighted by Crippen LogP contribution is -2.26. The number of carboxylic acids is 1. The quantitative estimate of drug-likeness (QED) is 0.343. The molecule has 2 N–H and O–H groups in total. The average molecular weight is 524 g/mol. The number of benzene rings is 3. The van der Waals surface area contributed by atoms with E-state index in [1.54, 1.807) is 0 Å². The lowest BCUT2D eigenvalue weighted by molar-refractivity contribution is -0.141. The van der Waals surface area contributed by atoms with E-state index in [0.717, 1.165) is 52.8 Å². The number of carbonyl (C=O) groups is 1. The Labute approximate surface area is 226 Å². The van der Waals surface area contributed by atoms with Crippen molar-refractivity contribution in [1.29, 1.82) is 5.26 Å². The molecule has 8 nitrogen and oxygen atoms in total. The summed E-state index contributed by atoms with van der Waals surface area (Å²) in [5.41, 5.74) is 7.54. The van der Waals surface area contributed by atoms with Crippen LogP contribution in [0.25, 0.3) is 33.7 Å². The van der Waals surface area contributed by atoms with Gasteiger partial charge in [-0.1, -0.05) is 24.3 Å². The number of aromatic nitrogens is 1. The fourth-order valence-corrected chi connectivity index (χ4v) is 6.11. The van der Waals surface area contributed by atoms with Gasteiger partial charge in [0.2, 0.25) is 5.89 Å². The van der Waals surface area contributed by atoms with Crippen LogP contribution in [0.2, 0.25) is 0 Å². The molecule has 1 aromatic heterocycles. The van der Waals surface area contributed by atoms with Crippen LogP contribution in [0, 0.1) is 24.2 Å². The zero-order chi connectivity index (χ0) is 27.1. The maximum atomic E-state index is 11.5. The number of rotatable bonds is 7. The molecule has 2 heterocycles. The first kappa shape index (κ1) is 25.1. The van der Waals surface area contributed by atoms with Gasteiger partial charge in [0.25, 0.3) is 0 Å². The van der Waals surface area contributed by atoms with Crippen LogP contribution in [0.1, 0.15) is 41.1 Å². The monoisotopic (exact) mass is 523 g/mol. The highest BCUT2D eigenvalue weighted by molar-refractivity contribution is 5.86. The Hall–Kier alpha value is -4.19. The SMILES string of the molecule is Cc1c(-c2cccc(OCCO)c2)cccc1-c1nc2cc3c(c(C#N)c2o1)CC[C@H]3N1CC[C@@H](C(=O)O)C1. The van der Waals surface area contributed by atoms with Crippen LogP contribution in [0.5, 0.6) is 5.75 Å². The average Bonchev–Trinajstić information content (AvgIpc) is 3.69. The second-order valence-corrected chi connectivity index (χ2v) is 10.2. The molecular formula is C31H29N3O5. The second kappa shape index (κ2) is 10.2. The van der Waals surface area contributed by atoms with E-state index in [4.69, 9.17) is 19.2 Å². The maximum absolute atomic E-state index is 11.5. The summed E-state index contributed by atoms with van der Waals surface area (Å²) in [6.45, 7) is 3.47. The van der Waals surface area contributed by atoms with Crippen molar-refractivity contribution < 1.29 is 24.2 Å². The van der Waals surface area contributed by atoms with Gasteiger partial charge in [0.1, 0.15) is 29.5 Å². The summed E-state index contributed by atoms with van der Waals surface area (Å²) >= 11 is 0. The molecule has 3 aromatic carbocycles. The first-order chi connectivity index (χ1) is 19.0. The van der Waals surface area contributed by atoms with Crippen molar-refractivity contribution in [2.75, 3.05) is 26.3 Å². The zero-order valence-electron chi connectivity index (χ0n) is 21.7. The van der Waals surface area contributed by atoms with E-state index >= 15 is 0 Å². The second-order valence-electron chi connectivity index (χ2n) is 10.2. The Morgan fingerprint density at radius 1 is 1.21 bits per heavy atom. The highest BCUT2D eigenvalue weighted by atomic mass is 16.5. The van der Waals surface area contributed by atoms with E-state index in [1.165, 1.54) is 0 Å². The highest BCUT2D eigenvalue weighted by Crippen LogP contribution is 2.43. The minimum absolute atomic E-state index is 0.0494. The van der Waals surface area contributed by atoms with E-state index < -0.39 is 5.97 Å². The summed E-state index contributed by atoms with van der Waals surface area (Å²) in [5.74, 6) is 0.0561. The minimum Gasteiger partial charge on any atom is -0.491 e. The van der Waals surface area contributed by atoms with Crippen molar-refractivity contribution in [1.82, 2.24) is 9.88 Å². The van der Waals surface area contributed by atoms with Crippen LogP contribution in [0.4, 0.5) is 0 Å². The van der Waals surface area contributed by atoms with Crippen molar-refractivity contribution >= 4 is 17.1 Å². The van der Waals surface area contributed by atoms with Crippen LogP contribution in [0.15, 0.2) is 52.9 Å². The fourth-order valence-electron chi connectivity index (χ4n) is 6.11. The summed E-state index contributed by atoms with van der Waals surface area (Å²) in [6.07, 6.45) is 2.26. The number of aliphatic hydroxyl groups excluding tert-OH is 1. The molecule has 0 radical (unpaired) electrons. The number of nitrogens with zero attached hydrogens (tertiary/aromatic N) is 3. The predicted octanol–water partition coefficient (Wildman–Crippen LogP) is 5.11. The Morgan fingerprint density at radius 3 is 2.79 bits per heavy atom. The summed E-state index contributed by atoms with van der Waals surface area (Å²) in [6, 6.07) is 18.2. The lowest BCUT2D eigenvalue weighted by atomic mass is 9.96. The van der Waals surface area contributed by atoms with Gasteiger partial charge >= 0.3 is 5.97 Å². The van der Waals surface area contributed by atoms with E-state index in [0.29, 0.717) is 41.3 Å². The number of ether oxygens (including phenoxy) is 1. The summed E-state index contributed by atoms with van der Waals surface area (Å²) < 4.78 is 11.9. The van der Waals surface area contributed by atoms with Crippen molar-refractivity contribution in [3.05, 3.63) is 70.8 Å². The molecule has 0 unspecified atom stereocenters. The lowest BCUT2D eigenvalue weighted by Gasteiger charge is -2.24. The van der Waals surface area contributed by atoms with Crippen LogP contribution in [-0.2, 0) is 11.2 Å². The van der Waals surface area contributed by atoms with E-state index in [2.05, 4.69) is 11.0 Å². The van der Waals surface area contributed by atoms with Crippen LogP contribution in [-0.4, -0.2) is 52.4 Å². The van der Waals surface area contributed by atoms with Gasteiger partial charge in [-0.05, 0) is 84.8 Å². The van der Waals surface area contributed by atoms with Crippen molar-refractivity contribution in [3.8, 4) is 34.4 Å². The minimum atomic E-state index is -0.743. The molecule has 4 aromatic rings.